The third-order valence-corrected chi connectivity index (χ3v) is 2.61. The molecule has 21 heavy (non-hydrogen) atoms. The van der Waals surface area contributed by atoms with Crippen molar-refractivity contribution < 1.29 is 14.3 Å². The van der Waals surface area contributed by atoms with E-state index in [0.29, 0.717) is 6.61 Å². The number of rotatable bonds is 6. The smallest absolute Gasteiger partial charge is 0.252 e. The Bertz CT molecular complexity index is 646. The van der Waals surface area contributed by atoms with Crippen LogP contribution in [0.15, 0.2) is 30.6 Å². The maximum Gasteiger partial charge on any atom is 0.252 e. The van der Waals surface area contributed by atoms with Crippen LogP contribution in [-0.2, 0) is 0 Å². The van der Waals surface area contributed by atoms with Crippen molar-refractivity contribution in [1.82, 2.24) is 9.97 Å². The second-order valence-corrected chi connectivity index (χ2v) is 4.21. The quantitative estimate of drug-likeness (QED) is 0.837. The minimum absolute atomic E-state index is 0.116. The molecular formula is C14H16N4O3. The highest BCUT2D eigenvalue weighted by Crippen LogP contribution is 2.32. The number of carbonyl (C=O) groups is 1. The molecule has 0 spiro atoms. The normalized spacial score (nSPS) is 10.1. The van der Waals surface area contributed by atoms with Crippen LogP contribution in [-0.4, -0.2) is 22.5 Å². The summed E-state index contributed by atoms with van der Waals surface area (Å²) in [6, 6.07) is 6.57. The molecular weight excluding hydrogens is 272 g/mol. The fourth-order valence-corrected chi connectivity index (χ4v) is 1.62. The average molecular weight is 288 g/mol. The van der Waals surface area contributed by atoms with E-state index < -0.39 is 5.91 Å². The first-order valence-corrected chi connectivity index (χ1v) is 6.43. The van der Waals surface area contributed by atoms with Crippen molar-refractivity contribution in [3.05, 3.63) is 36.2 Å². The standard InChI is InChI=1S/C14H16N4O3/c1-2-7-20-13-11(15)14(18-8-17-13)21-10-6-4-3-5-9(10)12(16)19/h3-6,8H,2,7,15H2,1H3,(H2,16,19). The molecule has 2 rings (SSSR count). The van der Waals surface area contributed by atoms with Gasteiger partial charge in [0.2, 0.25) is 11.8 Å². The van der Waals surface area contributed by atoms with Crippen molar-refractivity contribution in [2.24, 2.45) is 5.73 Å². The molecule has 4 N–H and O–H groups in total. The zero-order valence-electron chi connectivity index (χ0n) is 11.6. The third-order valence-electron chi connectivity index (χ3n) is 2.61. The minimum atomic E-state index is -0.597. The number of para-hydroxylation sites is 1. The number of anilines is 1. The summed E-state index contributed by atoms with van der Waals surface area (Å²) in [6.45, 7) is 2.45. The first-order valence-electron chi connectivity index (χ1n) is 6.43. The molecule has 1 heterocycles. The molecule has 0 atom stereocenters. The van der Waals surface area contributed by atoms with Gasteiger partial charge in [0.05, 0.1) is 12.2 Å². The molecule has 2 aromatic rings. The van der Waals surface area contributed by atoms with E-state index in [9.17, 15) is 4.79 Å². The number of carbonyl (C=O) groups excluding carboxylic acids is 1. The first kappa shape index (κ1) is 14.6. The van der Waals surface area contributed by atoms with E-state index >= 15 is 0 Å². The number of hydrogen-bond acceptors (Lipinski definition) is 6. The van der Waals surface area contributed by atoms with Crippen molar-refractivity contribution in [3.63, 3.8) is 0 Å². The molecule has 110 valence electrons. The Morgan fingerprint density at radius 2 is 1.95 bits per heavy atom. The largest absolute Gasteiger partial charge is 0.476 e. The van der Waals surface area contributed by atoms with Gasteiger partial charge in [0.15, 0.2) is 5.69 Å². The molecule has 0 unspecified atom stereocenters. The van der Waals surface area contributed by atoms with Gasteiger partial charge in [-0.1, -0.05) is 19.1 Å². The predicted molar refractivity (Wildman–Crippen MR) is 77.3 cm³/mol. The van der Waals surface area contributed by atoms with Gasteiger partial charge >= 0.3 is 0 Å². The number of primary amides is 1. The molecule has 1 aromatic carbocycles. The van der Waals surface area contributed by atoms with Gasteiger partial charge in [0, 0.05) is 0 Å². The van der Waals surface area contributed by atoms with E-state index in [1.807, 2.05) is 6.92 Å². The van der Waals surface area contributed by atoms with Crippen LogP contribution in [0.5, 0.6) is 17.5 Å². The van der Waals surface area contributed by atoms with E-state index in [4.69, 9.17) is 20.9 Å². The van der Waals surface area contributed by atoms with Crippen LogP contribution in [0.1, 0.15) is 23.7 Å². The van der Waals surface area contributed by atoms with Gasteiger partial charge in [-0.05, 0) is 18.6 Å². The molecule has 0 aliphatic heterocycles. The molecule has 0 saturated carbocycles. The first-order chi connectivity index (χ1) is 10.1. The molecule has 0 radical (unpaired) electrons. The van der Waals surface area contributed by atoms with Gasteiger partial charge in [-0.15, -0.1) is 0 Å². The Kier molecular flexibility index (Phi) is 4.55. The van der Waals surface area contributed by atoms with Crippen molar-refractivity contribution in [3.8, 4) is 17.5 Å². The van der Waals surface area contributed by atoms with E-state index in [1.165, 1.54) is 6.33 Å². The summed E-state index contributed by atoms with van der Waals surface area (Å²) in [4.78, 5) is 19.3. The van der Waals surface area contributed by atoms with Crippen LogP contribution in [0.4, 0.5) is 5.69 Å². The highest BCUT2D eigenvalue weighted by molar-refractivity contribution is 5.95. The predicted octanol–water partition coefficient (Wildman–Crippen LogP) is 1.74. The zero-order valence-corrected chi connectivity index (χ0v) is 11.6. The van der Waals surface area contributed by atoms with Crippen molar-refractivity contribution >= 4 is 11.6 Å². The number of nitrogens with two attached hydrogens (primary N) is 2. The SMILES string of the molecule is CCCOc1ncnc(Oc2ccccc2C(N)=O)c1N. The Balaban J connectivity index is 2.30. The van der Waals surface area contributed by atoms with Crippen LogP contribution in [0.25, 0.3) is 0 Å². The lowest BCUT2D eigenvalue weighted by Crippen LogP contribution is -2.12. The third kappa shape index (κ3) is 3.38. The molecule has 0 saturated heterocycles. The van der Waals surface area contributed by atoms with E-state index in [2.05, 4.69) is 9.97 Å². The molecule has 0 aliphatic carbocycles. The van der Waals surface area contributed by atoms with Crippen LogP contribution in [0, 0.1) is 0 Å². The Hall–Kier alpha value is -2.83. The monoisotopic (exact) mass is 288 g/mol. The molecule has 0 fully saturated rings. The number of aromatic nitrogens is 2. The fourth-order valence-electron chi connectivity index (χ4n) is 1.62. The van der Waals surface area contributed by atoms with E-state index in [0.717, 1.165) is 6.42 Å². The van der Waals surface area contributed by atoms with Gasteiger partial charge in [-0.2, -0.15) is 9.97 Å². The zero-order chi connectivity index (χ0) is 15.2. The lowest BCUT2D eigenvalue weighted by molar-refractivity contribution is 0.0998. The Morgan fingerprint density at radius 1 is 1.24 bits per heavy atom. The number of amides is 1. The van der Waals surface area contributed by atoms with Gasteiger partial charge in [-0.25, -0.2) is 0 Å². The Morgan fingerprint density at radius 3 is 2.67 bits per heavy atom. The number of nitrogen functional groups attached to an aromatic ring is 1. The summed E-state index contributed by atoms with van der Waals surface area (Å²) in [7, 11) is 0. The van der Waals surface area contributed by atoms with Crippen LogP contribution in [0.3, 0.4) is 0 Å². The maximum absolute atomic E-state index is 11.4. The maximum atomic E-state index is 11.4. The number of ether oxygens (including phenoxy) is 2. The Labute approximate surface area is 121 Å². The molecule has 0 bridgehead atoms. The van der Waals surface area contributed by atoms with Gasteiger partial charge in [0.25, 0.3) is 5.91 Å². The molecule has 0 aliphatic rings. The summed E-state index contributed by atoms with van der Waals surface area (Å²) in [5.41, 5.74) is 11.6. The summed E-state index contributed by atoms with van der Waals surface area (Å²) in [5.74, 6) is 0.0423. The second-order valence-electron chi connectivity index (χ2n) is 4.21. The second kappa shape index (κ2) is 6.56. The van der Waals surface area contributed by atoms with Gasteiger partial charge in [0.1, 0.15) is 12.1 Å². The average Bonchev–Trinajstić information content (AvgIpc) is 2.48. The lowest BCUT2D eigenvalue weighted by Gasteiger charge is -2.12. The molecule has 7 nitrogen and oxygen atoms in total. The van der Waals surface area contributed by atoms with Crippen LogP contribution < -0.4 is 20.9 Å². The molecule has 1 aromatic heterocycles. The van der Waals surface area contributed by atoms with Gasteiger partial charge < -0.3 is 20.9 Å². The van der Waals surface area contributed by atoms with Crippen LogP contribution >= 0.6 is 0 Å². The van der Waals surface area contributed by atoms with Gasteiger partial charge in [-0.3, -0.25) is 4.79 Å². The summed E-state index contributed by atoms with van der Waals surface area (Å²) >= 11 is 0. The van der Waals surface area contributed by atoms with Crippen molar-refractivity contribution in [2.45, 2.75) is 13.3 Å². The number of hydrogen-bond donors (Lipinski definition) is 2. The number of benzene rings is 1. The molecule has 7 heteroatoms. The van der Waals surface area contributed by atoms with Crippen molar-refractivity contribution in [2.75, 3.05) is 12.3 Å². The number of nitrogens with zero attached hydrogens (tertiary/aromatic N) is 2. The topological polar surface area (TPSA) is 113 Å². The highest BCUT2D eigenvalue weighted by atomic mass is 16.5. The van der Waals surface area contributed by atoms with Crippen LogP contribution in [0.2, 0.25) is 0 Å². The highest BCUT2D eigenvalue weighted by Gasteiger charge is 2.15. The summed E-state index contributed by atoms with van der Waals surface area (Å²) < 4.78 is 11.0. The lowest BCUT2D eigenvalue weighted by atomic mass is 10.2. The summed E-state index contributed by atoms with van der Waals surface area (Å²) in [6.07, 6.45) is 2.10. The minimum Gasteiger partial charge on any atom is -0.476 e. The molecule has 1 amide bonds. The fraction of sp³-hybridized carbons (Fsp3) is 0.214. The summed E-state index contributed by atoms with van der Waals surface area (Å²) in [5, 5.41) is 0. The van der Waals surface area contributed by atoms with Crippen molar-refractivity contribution in [1.29, 1.82) is 0 Å². The van der Waals surface area contributed by atoms with E-state index in [-0.39, 0.29) is 28.8 Å². The van der Waals surface area contributed by atoms with E-state index in [1.54, 1.807) is 24.3 Å².